The zero-order chi connectivity index (χ0) is 27.4. The molecule has 1 saturated carbocycles. The first kappa shape index (κ1) is 25.8. The summed E-state index contributed by atoms with van der Waals surface area (Å²) in [7, 11) is -3.84. The van der Waals surface area contributed by atoms with E-state index in [1.165, 1.54) is 30.5 Å². The molecule has 3 atom stereocenters. The van der Waals surface area contributed by atoms with E-state index >= 15 is 8.78 Å². The average molecular weight is 552 g/mol. The first-order valence-corrected chi connectivity index (χ1v) is 14.6. The zero-order valence-corrected chi connectivity index (χ0v) is 22.2. The monoisotopic (exact) mass is 551 g/mol. The van der Waals surface area contributed by atoms with E-state index in [-0.39, 0.29) is 29.2 Å². The molecule has 39 heavy (non-hydrogen) atoms. The number of pyridine rings is 1. The molecule has 1 fully saturated rings. The highest BCUT2D eigenvalue weighted by atomic mass is 32.2. The summed E-state index contributed by atoms with van der Waals surface area (Å²) in [5.74, 6) is -4.25. The average Bonchev–Trinajstić information content (AvgIpc) is 3.34. The van der Waals surface area contributed by atoms with Crippen LogP contribution in [-0.2, 0) is 28.6 Å². The van der Waals surface area contributed by atoms with Gasteiger partial charge in [-0.1, -0.05) is 23.8 Å². The van der Waals surface area contributed by atoms with Crippen LogP contribution in [0, 0.1) is 24.1 Å². The van der Waals surface area contributed by atoms with Crippen LogP contribution in [0.3, 0.4) is 0 Å². The van der Waals surface area contributed by atoms with E-state index in [1.807, 2.05) is 11.5 Å². The lowest BCUT2D eigenvalue weighted by atomic mass is 9.56. The van der Waals surface area contributed by atoms with Gasteiger partial charge in [0.2, 0.25) is 0 Å². The van der Waals surface area contributed by atoms with Crippen molar-refractivity contribution in [1.82, 2.24) is 14.5 Å². The van der Waals surface area contributed by atoms with Crippen LogP contribution in [0.15, 0.2) is 84.1 Å². The van der Waals surface area contributed by atoms with E-state index in [0.717, 1.165) is 11.3 Å². The van der Waals surface area contributed by atoms with Crippen molar-refractivity contribution in [2.75, 3.05) is 0 Å². The van der Waals surface area contributed by atoms with Crippen molar-refractivity contribution in [3.05, 3.63) is 108 Å². The largest absolute Gasteiger partial charge is 0.303 e. The number of aromatic nitrogens is 3. The van der Waals surface area contributed by atoms with Gasteiger partial charge in [0.15, 0.2) is 9.84 Å². The predicted molar refractivity (Wildman–Crippen MR) is 141 cm³/mol. The first-order valence-electron chi connectivity index (χ1n) is 13.0. The number of alkyl halides is 2. The van der Waals surface area contributed by atoms with Gasteiger partial charge in [-0.05, 0) is 87.1 Å². The van der Waals surface area contributed by atoms with Crippen LogP contribution in [0.2, 0.25) is 0 Å². The molecule has 6 rings (SSSR count). The molecule has 1 unspecified atom stereocenters. The number of hydrogen-bond acceptors (Lipinski definition) is 4. The van der Waals surface area contributed by atoms with Gasteiger partial charge >= 0.3 is 0 Å². The number of hydrogen-bond donors (Lipinski definition) is 0. The number of halogens is 3. The molecule has 2 aliphatic carbocycles. The lowest BCUT2D eigenvalue weighted by Crippen LogP contribution is -2.55. The molecule has 0 saturated heterocycles. The first-order chi connectivity index (χ1) is 18.6. The molecular weight excluding hydrogens is 523 g/mol. The molecular formula is C30H28F3N3O2S. The molecule has 0 spiro atoms. The maximum absolute atomic E-state index is 16.7. The summed E-state index contributed by atoms with van der Waals surface area (Å²) in [5, 5.41) is -0.952. The second-order valence-corrected chi connectivity index (χ2v) is 13.0. The van der Waals surface area contributed by atoms with E-state index in [9.17, 15) is 12.8 Å². The smallest absolute Gasteiger partial charge is 0.295 e. The van der Waals surface area contributed by atoms with Gasteiger partial charge in [0.05, 0.1) is 27.6 Å². The number of benzene rings is 2. The van der Waals surface area contributed by atoms with Gasteiger partial charge in [0.1, 0.15) is 11.5 Å². The van der Waals surface area contributed by atoms with E-state index in [1.54, 1.807) is 48.8 Å². The molecule has 2 heterocycles. The van der Waals surface area contributed by atoms with Crippen molar-refractivity contribution in [3.8, 4) is 5.69 Å². The Morgan fingerprint density at radius 3 is 2.41 bits per heavy atom. The molecule has 9 heteroatoms. The number of aryl methyl sites for hydroxylation is 1. The predicted octanol–water partition coefficient (Wildman–Crippen LogP) is 6.23. The number of imidazole rings is 1. The Balaban J connectivity index is 1.45. The van der Waals surface area contributed by atoms with Crippen molar-refractivity contribution < 1.29 is 21.6 Å². The van der Waals surface area contributed by atoms with Gasteiger partial charge in [0, 0.05) is 24.0 Å². The number of rotatable bonds is 5. The van der Waals surface area contributed by atoms with Crippen LogP contribution in [0.1, 0.15) is 41.9 Å². The third kappa shape index (κ3) is 4.18. The molecule has 0 radical (unpaired) electrons. The van der Waals surface area contributed by atoms with E-state index in [0.29, 0.717) is 30.6 Å². The van der Waals surface area contributed by atoms with E-state index in [2.05, 4.69) is 9.97 Å². The molecule has 5 nitrogen and oxygen atoms in total. The molecule has 0 bridgehead atoms. The maximum atomic E-state index is 16.7. The fraction of sp³-hybridized carbons (Fsp3) is 0.333. The Bertz CT molecular complexity index is 1600. The Labute approximate surface area is 225 Å². The van der Waals surface area contributed by atoms with E-state index < -0.39 is 32.3 Å². The highest BCUT2D eigenvalue weighted by Crippen LogP contribution is 2.61. The minimum atomic E-state index is -3.84. The van der Waals surface area contributed by atoms with Crippen molar-refractivity contribution in [2.45, 2.75) is 55.1 Å². The molecule has 2 aliphatic rings. The van der Waals surface area contributed by atoms with Gasteiger partial charge in [-0.3, -0.25) is 4.98 Å². The summed E-state index contributed by atoms with van der Waals surface area (Å²) in [5.41, 5.74) is 0.900. The Morgan fingerprint density at radius 1 is 0.974 bits per heavy atom. The summed E-state index contributed by atoms with van der Waals surface area (Å²) in [6.45, 7) is 1.87. The van der Waals surface area contributed by atoms with Crippen LogP contribution in [-0.4, -0.2) is 28.2 Å². The highest BCUT2D eigenvalue weighted by Gasteiger charge is 2.64. The Kier molecular flexibility index (Phi) is 6.17. The van der Waals surface area contributed by atoms with Gasteiger partial charge in [-0.2, -0.15) is 8.78 Å². The fourth-order valence-corrected chi connectivity index (χ4v) is 8.33. The quantitative estimate of drug-likeness (QED) is 0.295. The van der Waals surface area contributed by atoms with Crippen LogP contribution in [0.4, 0.5) is 13.2 Å². The van der Waals surface area contributed by atoms with Gasteiger partial charge in [-0.25, -0.2) is 17.8 Å². The van der Waals surface area contributed by atoms with Crippen LogP contribution >= 0.6 is 0 Å². The second kappa shape index (κ2) is 9.33. The summed E-state index contributed by atoms with van der Waals surface area (Å²) < 4.78 is 76.3. The Hall–Kier alpha value is -3.46. The third-order valence-corrected chi connectivity index (χ3v) is 10.8. The zero-order valence-electron chi connectivity index (χ0n) is 21.4. The molecule has 2 aromatic carbocycles. The van der Waals surface area contributed by atoms with Crippen molar-refractivity contribution in [3.63, 3.8) is 0 Å². The Morgan fingerprint density at radius 2 is 1.72 bits per heavy atom. The van der Waals surface area contributed by atoms with Crippen LogP contribution in [0.25, 0.3) is 5.69 Å². The lowest BCUT2D eigenvalue weighted by molar-refractivity contribution is -0.180. The SMILES string of the molecule is Cc1ccc(S(=O)(=O)[C@H]2CCC3Cc4c(ncn4-c4ccc(F)cc4)C[C@]3(C(F)(F)c3ccccn3)C2)cc1. The van der Waals surface area contributed by atoms with Gasteiger partial charge < -0.3 is 4.57 Å². The fourth-order valence-electron chi connectivity index (χ4n) is 6.47. The third-order valence-electron chi connectivity index (χ3n) is 8.59. The summed E-state index contributed by atoms with van der Waals surface area (Å²) in [6, 6.07) is 17.0. The molecule has 0 aliphatic heterocycles. The number of nitrogens with zero attached hydrogens (tertiary/aromatic N) is 3. The number of sulfone groups is 1. The molecule has 0 amide bonds. The second-order valence-electron chi connectivity index (χ2n) is 10.8. The van der Waals surface area contributed by atoms with Gasteiger partial charge in [0.25, 0.3) is 5.92 Å². The minimum Gasteiger partial charge on any atom is -0.303 e. The lowest BCUT2D eigenvalue weighted by Gasteiger charge is -2.52. The molecule has 202 valence electrons. The molecule has 0 N–H and O–H groups in total. The van der Waals surface area contributed by atoms with Crippen molar-refractivity contribution in [2.24, 2.45) is 11.3 Å². The topological polar surface area (TPSA) is 64.8 Å². The summed E-state index contributed by atoms with van der Waals surface area (Å²) in [6.07, 6.45) is 3.59. The normalized spacial score (nSPS) is 23.2. The summed E-state index contributed by atoms with van der Waals surface area (Å²) in [4.78, 5) is 8.70. The van der Waals surface area contributed by atoms with Crippen molar-refractivity contribution in [1.29, 1.82) is 0 Å². The van der Waals surface area contributed by atoms with Crippen LogP contribution < -0.4 is 0 Å². The van der Waals surface area contributed by atoms with Crippen molar-refractivity contribution >= 4 is 9.84 Å². The minimum absolute atomic E-state index is 0.0787. The number of fused-ring (bicyclic) bond motifs is 2. The molecule has 4 aromatic rings. The van der Waals surface area contributed by atoms with Gasteiger partial charge in [-0.15, -0.1) is 0 Å². The van der Waals surface area contributed by atoms with Crippen LogP contribution in [0.5, 0.6) is 0 Å². The maximum Gasteiger partial charge on any atom is 0.295 e. The standard InChI is InChI=1S/C30H28F3N3O2S/c1-20-5-12-24(13-6-20)39(37,38)25-14-7-21-16-27-26(35-19-36(27)23-10-8-22(31)9-11-23)18-29(21,17-25)30(32,33)28-4-2-3-15-34-28/h2-6,8-13,15,19,21,25H,7,14,16-18H2,1H3/t21?,25-,29+/m0/s1. The highest BCUT2D eigenvalue weighted by molar-refractivity contribution is 7.92. The molecule has 2 aromatic heterocycles. The summed E-state index contributed by atoms with van der Waals surface area (Å²) >= 11 is 0. The van der Waals surface area contributed by atoms with E-state index in [4.69, 9.17) is 0 Å².